The Labute approximate surface area is 178 Å². The van der Waals surface area contributed by atoms with Crippen LogP contribution in [-0.4, -0.2) is 41.7 Å². The molecule has 0 spiro atoms. The van der Waals surface area contributed by atoms with Crippen molar-refractivity contribution in [2.45, 2.75) is 78.8 Å². The number of carbonyl (C=O) groups is 1. The third-order valence-corrected chi connectivity index (χ3v) is 6.35. The highest BCUT2D eigenvalue weighted by Gasteiger charge is 2.31. The Morgan fingerprint density at radius 2 is 1.93 bits per heavy atom. The van der Waals surface area contributed by atoms with Gasteiger partial charge in [0.2, 0.25) is 5.91 Å². The molecule has 1 amide bonds. The second-order valence-electron chi connectivity index (χ2n) is 9.47. The molecule has 0 bridgehead atoms. The molecular formula is C23H32N6O. The summed E-state index contributed by atoms with van der Waals surface area (Å²) in [6.45, 7) is 13.6. The van der Waals surface area contributed by atoms with Gasteiger partial charge in [-0.2, -0.15) is 10.2 Å². The third-order valence-electron chi connectivity index (χ3n) is 6.35. The van der Waals surface area contributed by atoms with Crippen molar-refractivity contribution in [3.8, 4) is 0 Å². The average molecular weight is 409 g/mol. The van der Waals surface area contributed by atoms with Crippen LogP contribution in [0.4, 0.5) is 0 Å². The quantitative estimate of drug-likeness (QED) is 0.659. The second kappa shape index (κ2) is 7.52. The zero-order valence-corrected chi connectivity index (χ0v) is 18.9. The monoisotopic (exact) mass is 408 g/mol. The zero-order valence-electron chi connectivity index (χ0n) is 18.9. The fourth-order valence-electron chi connectivity index (χ4n) is 4.23. The van der Waals surface area contributed by atoms with Gasteiger partial charge in [-0.25, -0.2) is 9.50 Å². The Bertz CT molecular complexity index is 1090. The lowest BCUT2D eigenvalue weighted by atomic mass is 9.93. The van der Waals surface area contributed by atoms with Crippen LogP contribution in [0.1, 0.15) is 74.4 Å². The number of aromatic nitrogens is 5. The summed E-state index contributed by atoms with van der Waals surface area (Å²) in [5.41, 5.74) is 6.02. The molecular weight excluding hydrogens is 376 g/mol. The van der Waals surface area contributed by atoms with Crippen LogP contribution in [0.2, 0.25) is 0 Å². The number of piperidine rings is 1. The minimum Gasteiger partial charge on any atom is -0.332 e. The van der Waals surface area contributed by atoms with Gasteiger partial charge in [0.25, 0.3) is 0 Å². The molecule has 1 aliphatic rings. The molecule has 1 atom stereocenters. The Kier molecular flexibility index (Phi) is 5.16. The van der Waals surface area contributed by atoms with E-state index >= 15 is 0 Å². The molecule has 4 heterocycles. The van der Waals surface area contributed by atoms with E-state index in [1.54, 1.807) is 0 Å². The first kappa shape index (κ1) is 20.6. The van der Waals surface area contributed by atoms with Gasteiger partial charge < -0.3 is 4.90 Å². The summed E-state index contributed by atoms with van der Waals surface area (Å²) in [5.74, 6) is 0.110. The van der Waals surface area contributed by atoms with Gasteiger partial charge in [-0.3, -0.25) is 9.48 Å². The highest BCUT2D eigenvalue weighted by atomic mass is 16.2. The smallest absolute Gasteiger partial charge is 0.244 e. The number of nitrogens with zero attached hydrogens (tertiary/aromatic N) is 6. The maximum Gasteiger partial charge on any atom is 0.244 e. The van der Waals surface area contributed by atoms with Crippen molar-refractivity contribution >= 4 is 11.6 Å². The van der Waals surface area contributed by atoms with Gasteiger partial charge in [0.15, 0.2) is 5.65 Å². The molecule has 1 aliphatic heterocycles. The van der Waals surface area contributed by atoms with Crippen molar-refractivity contribution in [2.24, 2.45) is 0 Å². The van der Waals surface area contributed by atoms with Gasteiger partial charge >= 0.3 is 0 Å². The molecule has 160 valence electrons. The lowest BCUT2D eigenvalue weighted by molar-refractivity contribution is -0.136. The molecule has 30 heavy (non-hydrogen) atoms. The summed E-state index contributed by atoms with van der Waals surface area (Å²) < 4.78 is 3.77. The van der Waals surface area contributed by atoms with E-state index in [2.05, 4.69) is 43.8 Å². The summed E-state index contributed by atoms with van der Waals surface area (Å²) in [5, 5.41) is 9.43. The lowest BCUT2D eigenvalue weighted by Gasteiger charge is -2.36. The molecule has 0 aliphatic carbocycles. The first-order valence-electron chi connectivity index (χ1n) is 10.8. The normalized spacial score (nSPS) is 17.7. The Morgan fingerprint density at radius 1 is 1.17 bits per heavy atom. The number of amides is 1. The SMILES string of the molecule is Cc1nn(CC(=O)N2CCCCC2c2ccnc3cc(C(C)(C)C)nn23)c(C)c1C. The van der Waals surface area contributed by atoms with Crippen molar-refractivity contribution in [3.63, 3.8) is 0 Å². The first-order chi connectivity index (χ1) is 14.2. The van der Waals surface area contributed by atoms with E-state index in [0.29, 0.717) is 0 Å². The van der Waals surface area contributed by atoms with Crippen LogP contribution >= 0.6 is 0 Å². The molecule has 1 unspecified atom stereocenters. The van der Waals surface area contributed by atoms with E-state index in [9.17, 15) is 4.79 Å². The summed E-state index contributed by atoms with van der Waals surface area (Å²) in [6, 6.07) is 4.07. The first-order valence-corrected chi connectivity index (χ1v) is 10.8. The van der Waals surface area contributed by atoms with E-state index < -0.39 is 0 Å². The van der Waals surface area contributed by atoms with Gasteiger partial charge in [-0.15, -0.1) is 0 Å². The maximum atomic E-state index is 13.3. The maximum absolute atomic E-state index is 13.3. The van der Waals surface area contributed by atoms with Crippen molar-refractivity contribution in [1.29, 1.82) is 0 Å². The minimum atomic E-state index is -0.0552. The van der Waals surface area contributed by atoms with Crippen molar-refractivity contribution < 1.29 is 4.79 Å². The molecule has 1 fully saturated rings. The Balaban J connectivity index is 1.68. The highest BCUT2D eigenvalue weighted by molar-refractivity contribution is 5.76. The predicted molar refractivity (Wildman–Crippen MR) is 116 cm³/mol. The van der Waals surface area contributed by atoms with Crippen LogP contribution in [0.5, 0.6) is 0 Å². The molecule has 0 N–H and O–H groups in total. The highest BCUT2D eigenvalue weighted by Crippen LogP contribution is 2.32. The van der Waals surface area contributed by atoms with Crippen molar-refractivity contribution in [2.75, 3.05) is 6.54 Å². The van der Waals surface area contributed by atoms with Crippen LogP contribution in [0, 0.1) is 20.8 Å². The predicted octanol–water partition coefficient (Wildman–Crippen LogP) is 3.90. The van der Waals surface area contributed by atoms with E-state index in [-0.39, 0.29) is 23.9 Å². The van der Waals surface area contributed by atoms with E-state index in [4.69, 9.17) is 5.10 Å². The fourth-order valence-corrected chi connectivity index (χ4v) is 4.23. The molecule has 7 nitrogen and oxygen atoms in total. The van der Waals surface area contributed by atoms with E-state index in [1.165, 1.54) is 0 Å². The van der Waals surface area contributed by atoms with Gasteiger partial charge in [-0.05, 0) is 51.7 Å². The number of fused-ring (bicyclic) bond motifs is 1. The number of aryl methyl sites for hydroxylation is 1. The summed E-state index contributed by atoms with van der Waals surface area (Å²) >= 11 is 0. The average Bonchev–Trinajstić information content (AvgIpc) is 3.25. The van der Waals surface area contributed by atoms with E-state index in [0.717, 1.165) is 59.8 Å². The summed E-state index contributed by atoms with van der Waals surface area (Å²) in [7, 11) is 0. The minimum absolute atomic E-state index is 0.00234. The zero-order chi connectivity index (χ0) is 21.6. The number of hydrogen-bond donors (Lipinski definition) is 0. The van der Waals surface area contributed by atoms with Crippen LogP contribution in [0.15, 0.2) is 18.3 Å². The number of hydrogen-bond acceptors (Lipinski definition) is 4. The molecule has 0 saturated carbocycles. The van der Waals surface area contributed by atoms with E-state index in [1.807, 2.05) is 40.2 Å². The number of likely N-dealkylation sites (tertiary alicyclic amines) is 1. The summed E-state index contributed by atoms with van der Waals surface area (Å²) in [6.07, 6.45) is 4.90. The molecule has 7 heteroatoms. The van der Waals surface area contributed by atoms with Crippen LogP contribution in [0.25, 0.3) is 5.65 Å². The lowest BCUT2D eigenvalue weighted by Crippen LogP contribution is -2.41. The van der Waals surface area contributed by atoms with Gasteiger partial charge in [0.1, 0.15) is 6.54 Å². The van der Waals surface area contributed by atoms with Crippen LogP contribution < -0.4 is 0 Å². The molecule has 3 aromatic rings. The molecule has 4 rings (SSSR count). The van der Waals surface area contributed by atoms with Gasteiger partial charge in [-0.1, -0.05) is 20.8 Å². The number of carbonyl (C=O) groups excluding carboxylic acids is 1. The van der Waals surface area contributed by atoms with Crippen LogP contribution in [0.3, 0.4) is 0 Å². The Morgan fingerprint density at radius 3 is 2.60 bits per heavy atom. The van der Waals surface area contributed by atoms with Crippen molar-refractivity contribution in [1.82, 2.24) is 29.3 Å². The molecule has 3 aromatic heterocycles. The topological polar surface area (TPSA) is 68.3 Å². The molecule has 0 aromatic carbocycles. The second-order valence-corrected chi connectivity index (χ2v) is 9.47. The van der Waals surface area contributed by atoms with Gasteiger partial charge in [0.05, 0.1) is 23.1 Å². The number of rotatable bonds is 3. The third kappa shape index (κ3) is 3.61. The molecule has 1 saturated heterocycles. The standard InChI is InChI=1S/C23H32N6O/c1-15-16(2)25-28(17(15)3)14-22(30)27-12-8-7-9-18(27)19-10-11-24-21-13-20(23(4,5)6)26-29(19)21/h10-11,13,18H,7-9,12,14H2,1-6H3. The van der Waals surface area contributed by atoms with Crippen LogP contribution in [-0.2, 0) is 16.8 Å². The summed E-state index contributed by atoms with van der Waals surface area (Å²) in [4.78, 5) is 19.9. The molecule has 0 radical (unpaired) electrons. The Hall–Kier alpha value is -2.70. The van der Waals surface area contributed by atoms with Gasteiger partial charge in [0, 0.05) is 29.9 Å². The largest absolute Gasteiger partial charge is 0.332 e. The van der Waals surface area contributed by atoms with Crippen molar-refractivity contribution in [3.05, 3.63) is 46.7 Å². The fraction of sp³-hybridized carbons (Fsp3) is 0.565.